The average Bonchev–Trinajstić information content (AvgIpc) is 2.92. The molecule has 2 heteroatoms. The maximum absolute atomic E-state index is 2.56. The first-order chi connectivity index (χ1) is 9.47. The van der Waals surface area contributed by atoms with Crippen LogP contribution in [0.4, 0.5) is 0 Å². The molecular weight excluding hydrogens is 292 g/mol. The predicted octanol–water partition coefficient (Wildman–Crippen LogP) is 5.60. The van der Waals surface area contributed by atoms with Crippen molar-refractivity contribution in [3.05, 3.63) is 43.2 Å². The van der Waals surface area contributed by atoms with Gasteiger partial charge in [-0.1, -0.05) is 0 Å². The van der Waals surface area contributed by atoms with Gasteiger partial charge in [0.25, 0.3) is 0 Å². The van der Waals surface area contributed by atoms with Gasteiger partial charge in [0, 0.05) is 0 Å². The van der Waals surface area contributed by atoms with Gasteiger partial charge in [0.2, 0.25) is 0 Å². The number of hydrogen-bond donors (Lipinski definition) is 0. The number of allylic oxidation sites excluding steroid dienone is 8. The summed E-state index contributed by atoms with van der Waals surface area (Å²) in [7, 11) is 0. The van der Waals surface area contributed by atoms with Gasteiger partial charge in [0.15, 0.2) is 0 Å². The van der Waals surface area contributed by atoms with Crippen molar-refractivity contribution in [3.63, 3.8) is 0 Å². The molecule has 0 radical (unpaired) electrons. The summed E-state index contributed by atoms with van der Waals surface area (Å²) in [6.07, 6.45) is 12.5. The Morgan fingerprint density at radius 3 is 1.60 bits per heavy atom. The van der Waals surface area contributed by atoms with Crippen LogP contribution in [-0.2, 0) is 16.6 Å². The molecule has 2 rings (SSSR count). The molecule has 0 bridgehead atoms. The Morgan fingerprint density at radius 1 is 0.900 bits per heavy atom. The molecule has 0 nitrogen and oxygen atoms in total. The van der Waals surface area contributed by atoms with E-state index in [1.807, 2.05) is 7.76 Å². The van der Waals surface area contributed by atoms with Crippen molar-refractivity contribution in [2.75, 3.05) is 0 Å². The topological polar surface area (TPSA) is 0 Å². The fraction of sp³-hybridized carbons (Fsp3) is 0.556. The van der Waals surface area contributed by atoms with Gasteiger partial charge in [-0.05, 0) is 0 Å². The third-order valence-electron chi connectivity index (χ3n) is 4.45. The number of hydrogen-bond acceptors (Lipinski definition) is 0. The van der Waals surface area contributed by atoms with Gasteiger partial charge in [0.05, 0.1) is 0 Å². The molecule has 0 N–H and O–H groups in total. The molecule has 0 aromatic rings. The summed E-state index contributed by atoms with van der Waals surface area (Å²) in [5.74, 6) is 1.51. The Bertz CT molecular complexity index is 510. The molecule has 2 atom stereocenters. The normalized spacial score (nSPS) is 25.1. The summed E-state index contributed by atoms with van der Waals surface area (Å²) in [4.78, 5) is 0. The fourth-order valence-electron chi connectivity index (χ4n) is 3.55. The van der Waals surface area contributed by atoms with Crippen LogP contribution in [0.3, 0.4) is 0 Å². The van der Waals surface area contributed by atoms with E-state index in [2.05, 4.69) is 65.1 Å². The molecule has 0 spiro atoms. The second-order valence-corrected chi connectivity index (χ2v) is 18.1. The van der Waals surface area contributed by atoms with Crippen molar-refractivity contribution in [1.82, 2.24) is 0 Å². The van der Waals surface area contributed by atoms with Crippen molar-refractivity contribution >= 4 is 6.19 Å². The van der Waals surface area contributed by atoms with E-state index in [4.69, 9.17) is 0 Å². The fourth-order valence-corrected chi connectivity index (χ4v) is 16.0. The van der Waals surface area contributed by atoms with Crippen LogP contribution < -0.4 is 0 Å². The maximum atomic E-state index is 2.56. The summed E-state index contributed by atoms with van der Waals surface area (Å²) < 4.78 is 3.74. The van der Waals surface area contributed by atoms with Crippen molar-refractivity contribution in [2.45, 2.75) is 53.6 Å². The van der Waals surface area contributed by atoms with Gasteiger partial charge >= 0.3 is 131 Å². The van der Waals surface area contributed by atoms with E-state index >= 15 is 0 Å². The zero-order chi connectivity index (χ0) is 14.9. The van der Waals surface area contributed by atoms with Gasteiger partial charge < -0.3 is 0 Å². The molecule has 0 aliphatic heterocycles. The van der Waals surface area contributed by atoms with Gasteiger partial charge in [-0.3, -0.25) is 0 Å². The minimum atomic E-state index is -1.25. The van der Waals surface area contributed by atoms with Crippen molar-refractivity contribution < 1.29 is 16.6 Å². The van der Waals surface area contributed by atoms with E-state index in [-0.39, 0.29) is 6.19 Å². The number of rotatable bonds is 4. The Labute approximate surface area is 131 Å². The molecule has 0 saturated carbocycles. The SMILES string of the molecule is CCC1C=C(C)C=[C]1[Ti]([C]1=CC(C)=CC1CC)=[Si](C)C. The van der Waals surface area contributed by atoms with Gasteiger partial charge in [0.1, 0.15) is 0 Å². The zero-order valence-electron chi connectivity index (χ0n) is 13.9. The van der Waals surface area contributed by atoms with Crippen LogP contribution >= 0.6 is 0 Å². The first-order valence-corrected chi connectivity index (χ1v) is 14.4. The van der Waals surface area contributed by atoms with Crippen molar-refractivity contribution in [3.8, 4) is 0 Å². The molecule has 2 aliphatic rings. The Balaban J connectivity index is 2.44. The molecule has 2 unspecified atom stereocenters. The van der Waals surface area contributed by atoms with E-state index in [1.54, 1.807) is 0 Å². The minimum absolute atomic E-state index is 0.207. The van der Waals surface area contributed by atoms with E-state index in [0.717, 1.165) is 11.8 Å². The van der Waals surface area contributed by atoms with E-state index in [9.17, 15) is 0 Å². The molecule has 108 valence electrons. The molecule has 0 amide bonds. The van der Waals surface area contributed by atoms with Crippen LogP contribution in [0.25, 0.3) is 0 Å². The summed E-state index contributed by atoms with van der Waals surface area (Å²) >= 11 is -1.25. The van der Waals surface area contributed by atoms with E-state index in [0.29, 0.717) is 0 Å². The monoisotopic (exact) mass is 320 g/mol. The second kappa shape index (κ2) is 6.77. The van der Waals surface area contributed by atoms with Gasteiger partial charge in [-0.15, -0.1) is 0 Å². The van der Waals surface area contributed by atoms with Gasteiger partial charge in [-0.2, -0.15) is 0 Å². The molecular formula is C18H28SiTi. The van der Waals surface area contributed by atoms with Crippen molar-refractivity contribution in [2.24, 2.45) is 11.8 Å². The molecule has 0 aromatic heterocycles. The van der Waals surface area contributed by atoms with Crippen molar-refractivity contribution in [1.29, 1.82) is 0 Å². The Morgan fingerprint density at radius 2 is 1.30 bits per heavy atom. The van der Waals surface area contributed by atoms with Crippen LogP contribution in [0.5, 0.6) is 0 Å². The molecule has 20 heavy (non-hydrogen) atoms. The second-order valence-electron chi connectivity index (χ2n) is 6.43. The third-order valence-corrected chi connectivity index (χ3v) is 15.9. The molecule has 0 aromatic carbocycles. The average molecular weight is 320 g/mol. The third kappa shape index (κ3) is 3.21. The van der Waals surface area contributed by atoms with Crippen LogP contribution in [-0.4, -0.2) is 6.19 Å². The first kappa shape index (κ1) is 16.3. The summed E-state index contributed by atoms with van der Waals surface area (Å²) in [6, 6.07) is 0. The van der Waals surface area contributed by atoms with Crippen LogP contribution in [0.15, 0.2) is 43.2 Å². The van der Waals surface area contributed by atoms with Crippen LogP contribution in [0.2, 0.25) is 13.1 Å². The van der Waals surface area contributed by atoms with E-state index < -0.39 is 16.6 Å². The van der Waals surface area contributed by atoms with Gasteiger partial charge in [-0.25, -0.2) is 0 Å². The predicted molar refractivity (Wildman–Crippen MR) is 88.7 cm³/mol. The van der Waals surface area contributed by atoms with E-state index in [1.165, 1.54) is 24.0 Å². The molecule has 0 fully saturated rings. The summed E-state index contributed by atoms with van der Waals surface area (Å²) in [6.45, 7) is 14.4. The molecule has 0 heterocycles. The first-order valence-electron chi connectivity index (χ1n) is 7.96. The van der Waals surface area contributed by atoms with Crippen LogP contribution in [0, 0.1) is 11.8 Å². The molecule has 2 aliphatic carbocycles. The summed E-state index contributed by atoms with van der Waals surface area (Å²) in [5.41, 5.74) is 3.02. The quantitative estimate of drug-likeness (QED) is 0.592. The standard InChI is InChI=1S/2C8H11.C2H6Si.Ti/c2*1-3-8-5-4-7(2)6-8;1-3-2;/h2*4,6,8H,3H2,1-2H3;1-2H3;. The Kier molecular flexibility index (Phi) is 5.50. The molecule has 0 saturated heterocycles. The zero-order valence-corrected chi connectivity index (χ0v) is 16.4. The van der Waals surface area contributed by atoms with Crippen LogP contribution in [0.1, 0.15) is 40.5 Å². The summed E-state index contributed by atoms with van der Waals surface area (Å²) in [5, 5.41) is 0. The Hall–Kier alpha value is -0.109.